The smallest absolute Gasteiger partial charge is 0.0125 e. The molecule has 0 amide bonds. The fourth-order valence-corrected chi connectivity index (χ4v) is 0.333. The van der Waals surface area contributed by atoms with Gasteiger partial charge in [0.15, 0.2) is 0 Å². The van der Waals surface area contributed by atoms with Crippen molar-refractivity contribution in [3.63, 3.8) is 0 Å². The average Bonchev–Trinajstić information content (AvgIpc) is 1.65. The Bertz CT molecular complexity index is 41.4. The molecule has 1 heteroatoms. The van der Waals surface area contributed by atoms with E-state index < -0.39 is 0 Å². The zero-order valence-electron chi connectivity index (χ0n) is 5.23. The highest BCUT2D eigenvalue weighted by Crippen LogP contribution is 2.01. The summed E-state index contributed by atoms with van der Waals surface area (Å²) in [6.45, 7) is 6.03. The molecule has 0 fully saturated rings. The van der Waals surface area contributed by atoms with Crippen molar-refractivity contribution in [2.24, 2.45) is 5.73 Å². The van der Waals surface area contributed by atoms with Crippen LogP contribution in [0.25, 0.3) is 0 Å². The van der Waals surface area contributed by atoms with Crippen molar-refractivity contribution >= 4 is 0 Å². The molecule has 1 nitrogen and oxygen atoms in total. The van der Waals surface area contributed by atoms with Gasteiger partial charge in [0.05, 0.1) is 0 Å². The fourth-order valence-electron chi connectivity index (χ4n) is 0.333. The Hall–Kier alpha value is -0.0400. The van der Waals surface area contributed by atoms with E-state index in [1.807, 2.05) is 27.2 Å². The van der Waals surface area contributed by atoms with E-state index in [4.69, 9.17) is 5.73 Å². The Balaban J connectivity index is 3.14. The minimum Gasteiger partial charge on any atom is -0.327 e. The normalized spacial score (nSPS) is 15.0. The molecular formula is C6H13N. The van der Waals surface area contributed by atoms with Crippen LogP contribution >= 0.6 is 0 Å². The number of nitrogens with two attached hydrogens (primary N) is 1. The van der Waals surface area contributed by atoms with Gasteiger partial charge in [-0.1, -0.05) is 20.8 Å². The maximum absolute atomic E-state index is 5.52. The van der Waals surface area contributed by atoms with Gasteiger partial charge < -0.3 is 5.73 Å². The van der Waals surface area contributed by atoms with Gasteiger partial charge in [-0.3, -0.25) is 0 Å². The molecule has 0 saturated heterocycles. The molecule has 0 aromatic carbocycles. The van der Waals surface area contributed by atoms with Crippen molar-refractivity contribution < 1.29 is 0 Å². The van der Waals surface area contributed by atoms with Crippen LogP contribution in [0.5, 0.6) is 0 Å². The van der Waals surface area contributed by atoms with Crippen LogP contribution in [0.15, 0.2) is 0 Å². The molecular weight excluding hydrogens is 86.1 g/mol. The summed E-state index contributed by atoms with van der Waals surface area (Å²) >= 11 is 0. The molecule has 0 heterocycles. The molecule has 0 bridgehead atoms. The van der Waals surface area contributed by atoms with Crippen molar-refractivity contribution in [1.29, 1.82) is 0 Å². The number of hydrogen-bond donors (Lipinski definition) is 1. The van der Waals surface area contributed by atoms with Gasteiger partial charge in [-0.2, -0.15) is 0 Å². The highest BCUT2D eigenvalue weighted by atomic mass is 14.6. The topological polar surface area (TPSA) is 26.0 Å². The summed E-state index contributed by atoms with van der Waals surface area (Å²) in [4.78, 5) is 0. The van der Waals surface area contributed by atoms with Crippen molar-refractivity contribution in [3.05, 3.63) is 12.3 Å². The third-order valence-electron chi connectivity index (χ3n) is 1.03. The number of rotatable bonds is 2. The zero-order valence-corrected chi connectivity index (χ0v) is 5.23. The number of hydrogen-bond acceptors (Lipinski definition) is 1. The highest BCUT2D eigenvalue weighted by Gasteiger charge is 2.02. The van der Waals surface area contributed by atoms with Crippen molar-refractivity contribution in [2.45, 2.75) is 26.8 Å². The van der Waals surface area contributed by atoms with Crippen molar-refractivity contribution in [2.75, 3.05) is 0 Å². The predicted octanol–water partition coefficient (Wildman–Crippen LogP) is 1.15. The van der Waals surface area contributed by atoms with Gasteiger partial charge in [-0.05, 0) is 12.3 Å². The standard InChI is InChI=1S/C6H13N/c1-4-6(7)5(2)3/h4,6H,7H2,1-3H3. The summed E-state index contributed by atoms with van der Waals surface area (Å²) in [7, 11) is 0. The monoisotopic (exact) mass is 99.1 g/mol. The van der Waals surface area contributed by atoms with E-state index in [9.17, 15) is 0 Å². The van der Waals surface area contributed by atoms with Crippen molar-refractivity contribution in [3.8, 4) is 0 Å². The lowest BCUT2D eigenvalue weighted by Gasteiger charge is -2.09. The van der Waals surface area contributed by atoms with Gasteiger partial charge in [0.25, 0.3) is 0 Å². The van der Waals surface area contributed by atoms with Gasteiger partial charge >= 0.3 is 0 Å². The molecule has 0 rings (SSSR count). The lowest BCUT2D eigenvalue weighted by atomic mass is 10.0. The molecule has 0 spiro atoms. The van der Waals surface area contributed by atoms with Gasteiger partial charge in [-0.15, -0.1) is 0 Å². The summed E-state index contributed by atoms with van der Waals surface area (Å²) < 4.78 is 0. The predicted molar refractivity (Wildman–Crippen MR) is 32.5 cm³/mol. The molecule has 0 saturated carbocycles. The van der Waals surface area contributed by atoms with Crippen LogP contribution < -0.4 is 5.73 Å². The SMILES string of the molecule is C[CH]C(N)[C](C)C. The minimum absolute atomic E-state index is 0.194. The molecule has 0 aliphatic carbocycles. The van der Waals surface area contributed by atoms with E-state index in [-0.39, 0.29) is 6.04 Å². The Labute approximate surface area is 45.9 Å². The average molecular weight is 99.2 g/mol. The van der Waals surface area contributed by atoms with E-state index in [2.05, 4.69) is 0 Å². The van der Waals surface area contributed by atoms with Crippen LogP contribution in [-0.2, 0) is 0 Å². The molecule has 0 aromatic heterocycles. The van der Waals surface area contributed by atoms with Gasteiger partial charge in [0.2, 0.25) is 0 Å². The third-order valence-corrected chi connectivity index (χ3v) is 1.03. The first kappa shape index (κ1) is 6.96. The highest BCUT2D eigenvalue weighted by molar-refractivity contribution is 4.97. The summed E-state index contributed by atoms with van der Waals surface area (Å²) in [5.74, 6) is 1.27. The molecule has 42 valence electrons. The lowest BCUT2D eigenvalue weighted by molar-refractivity contribution is 0.773. The first-order chi connectivity index (χ1) is 3.18. The Morgan fingerprint density at radius 3 is 2.00 bits per heavy atom. The fraction of sp³-hybridized carbons (Fsp3) is 0.667. The third kappa shape index (κ3) is 2.63. The maximum Gasteiger partial charge on any atom is 0.0125 e. The van der Waals surface area contributed by atoms with Crippen LogP contribution in [-0.4, -0.2) is 6.04 Å². The molecule has 1 unspecified atom stereocenters. The molecule has 0 aliphatic heterocycles. The van der Waals surface area contributed by atoms with Gasteiger partial charge in [0, 0.05) is 6.04 Å². The van der Waals surface area contributed by atoms with E-state index in [1.165, 1.54) is 5.92 Å². The summed E-state index contributed by atoms with van der Waals surface area (Å²) in [5, 5.41) is 0. The second-order valence-electron chi connectivity index (χ2n) is 1.94. The second-order valence-corrected chi connectivity index (χ2v) is 1.94. The molecule has 2 radical (unpaired) electrons. The van der Waals surface area contributed by atoms with Gasteiger partial charge in [-0.25, -0.2) is 0 Å². The molecule has 0 aromatic rings. The Kier molecular flexibility index (Phi) is 3.01. The van der Waals surface area contributed by atoms with Crippen LogP contribution in [0.4, 0.5) is 0 Å². The summed E-state index contributed by atoms with van der Waals surface area (Å²) in [5.41, 5.74) is 5.52. The molecule has 7 heavy (non-hydrogen) atoms. The maximum atomic E-state index is 5.52. The van der Waals surface area contributed by atoms with E-state index in [0.717, 1.165) is 0 Å². The second kappa shape index (κ2) is 3.03. The largest absolute Gasteiger partial charge is 0.327 e. The zero-order chi connectivity index (χ0) is 5.86. The molecule has 1 atom stereocenters. The van der Waals surface area contributed by atoms with Crippen molar-refractivity contribution in [1.82, 2.24) is 0 Å². The molecule has 2 N–H and O–H groups in total. The molecule has 0 aliphatic rings. The Morgan fingerprint density at radius 1 is 1.57 bits per heavy atom. The lowest BCUT2D eigenvalue weighted by Crippen LogP contribution is -2.23. The van der Waals surface area contributed by atoms with Crippen LogP contribution in [0.3, 0.4) is 0 Å². The first-order valence-electron chi connectivity index (χ1n) is 2.53. The van der Waals surface area contributed by atoms with Gasteiger partial charge in [0.1, 0.15) is 0 Å². The minimum atomic E-state index is 0.194. The summed E-state index contributed by atoms with van der Waals surface area (Å²) in [6.07, 6.45) is 1.98. The Morgan fingerprint density at radius 2 is 2.00 bits per heavy atom. The quantitative estimate of drug-likeness (QED) is 0.552. The first-order valence-corrected chi connectivity index (χ1v) is 2.53. The van der Waals surface area contributed by atoms with E-state index in [0.29, 0.717) is 0 Å². The van der Waals surface area contributed by atoms with Crippen LogP contribution in [0.2, 0.25) is 0 Å². The van der Waals surface area contributed by atoms with E-state index in [1.54, 1.807) is 0 Å². The summed E-state index contributed by atoms with van der Waals surface area (Å²) in [6, 6.07) is 0.194. The van der Waals surface area contributed by atoms with Crippen LogP contribution in [0, 0.1) is 12.3 Å². The van der Waals surface area contributed by atoms with Crippen LogP contribution in [0.1, 0.15) is 20.8 Å². The van der Waals surface area contributed by atoms with E-state index >= 15 is 0 Å².